The van der Waals surface area contributed by atoms with E-state index in [1.54, 1.807) is 4.88 Å². The lowest BCUT2D eigenvalue weighted by Gasteiger charge is -2.08. The largest absolute Gasteiger partial charge is 0.205 e. The van der Waals surface area contributed by atoms with Crippen LogP contribution < -0.4 is 0 Å². The number of rotatable bonds is 2. The highest BCUT2D eigenvalue weighted by atomic mass is 32.1. The van der Waals surface area contributed by atoms with Crippen molar-refractivity contribution < 1.29 is 0 Å². The van der Waals surface area contributed by atoms with Crippen LogP contribution in [0.3, 0.4) is 0 Å². The summed E-state index contributed by atoms with van der Waals surface area (Å²) >= 11 is 1.91. The Morgan fingerprint density at radius 1 is 1.05 bits per heavy atom. The maximum absolute atomic E-state index is 4.11. The van der Waals surface area contributed by atoms with E-state index in [0.29, 0.717) is 5.82 Å². The first-order valence-corrected chi connectivity index (χ1v) is 7.68. The maximum Gasteiger partial charge on any atom is 0.205 e. The Bertz CT molecular complexity index is 707. The number of nitrogens with zero attached hydrogens (tertiary/aromatic N) is 3. The number of nitrogens with one attached hydrogen (secondary N) is 1. The molecule has 0 atom stereocenters. The van der Waals surface area contributed by atoms with Crippen molar-refractivity contribution in [3.8, 4) is 21.8 Å². The quantitative estimate of drug-likeness (QED) is 0.783. The van der Waals surface area contributed by atoms with Gasteiger partial charge < -0.3 is 0 Å². The number of aromatic amines is 1. The van der Waals surface area contributed by atoms with Crippen LogP contribution in [0, 0.1) is 0 Å². The summed E-state index contributed by atoms with van der Waals surface area (Å²) < 4.78 is 0. The minimum absolute atomic E-state index is 0.659. The molecule has 0 radical (unpaired) electrons. The number of tetrazole rings is 1. The Morgan fingerprint density at radius 3 is 2.70 bits per heavy atom. The second kappa shape index (κ2) is 4.83. The molecule has 1 aliphatic rings. The molecule has 5 heteroatoms. The van der Waals surface area contributed by atoms with Gasteiger partial charge in [-0.15, -0.1) is 21.5 Å². The summed E-state index contributed by atoms with van der Waals surface area (Å²) in [5.41, 5.74) is 3.77. The van der Waals surface area contributed by atoms with Gasteiger partial charge in [0.05, 0.1) is 0 Å². The van der Waals surface area contributed by atoms with E-state index in [0.717, 1.165) is 5.56 Å². The van der Waals surface area contributed by atoms with Crippen molar-refractivity contribution in [2.45, 2.75) is 25.7 Å². The fraction of sp³-hybridized carbons (Fsp3) is 0.267. The molecule has 2 aromatic heterocycles. The highest BCUT2D eigenvalue weighted by Gasteiger charge is 2.17. The number of aromatic nitrogens is 4. The number of aryl methyl sites for hydroxylation is 2. The summed E-state index contributed by atoms with van der Waals surface area (Å²) in [6.07, 6.45) is 5.08. The van der Waals surface area contributed by atoms with Crippen molar-refractivity contribution in [3.63, 3.8) is 0 Å². The minimum atomic E-state index is 0.659. The van der Waals surface area contributed by atoms with Gasteiger partial charge in [0.25, 0.3) is 0 Å². The topological polar surface area (TPSA) is 54.5 Å². The first-order chi connectivity index (χ1) is 9.92. The average Bonchev–Trinajstić information content (AvgIpc) is 3.16. The predicted molar refractivity (Wildman–Crippen MR) is 79.6 cm³/mol. The van der Waals surface area contributed by atoms with E-state index in [9.17, 15) is 0 Å². The summed E-state index contributed by atoms with van der Waals surface area (Å²) in [7, 11) is 0. The van der Waals surface area contributed by atoms with Crippen LogP contribution in [0.4, 0.5) is 0 Å². The molecule has 0 saturated carbocycles. The Balaban J connectivity index is 1.84. The molecule has 0 bridgehead atoms. The molecular weight excluding hydrogens is 268 g/mol. The molecule has 100 valence electrons. The number of hydrogen-bond acceptors (Lipinski definition) is 4. The molecule has 1 aromatic carbocycles. The third kappa shape index (κ3) is 1.94. The number of hydrogen-bond donors (Lipinski definition) is 1. The van der Waals surface area contributed by atoms with Gasteiger partial charge in [0, 0.05) is 20.9 Å². The molecule has 0 aliphatic heterocycles. The second-order valence-electron chi connectivity index (χ2n) is 5.05. The van der Waals surface area contributed by atoms with Gasteiger partial charge in [-0.05, 0) is 42.5 Å². The van der Waals surface area contributed by atoms with Gasteiger partial charge in [0.15, 0.2) is 0 Å². The first-order valence-electron chi connectivity index (χ1n) is 6.86. The third-order valence-corrected chi connectivity index (χ3v) is 5.05. The lowest BCUT2D eigenvalue weighted by Crippen LogP contribution is -1.96. The van der Waals surface area contributed by atoms with Crippen molar-refractivity contribution >= 4 is 11.3 Å². The number of fused-ring (bicyclic) bond motifs is 1. The van der Waals surface area contributed by atoms with E-state index >= 15 is 0 Å². The maximum atomic E-state index is 4.11. The molecule has 1 aliphatic carbocycles. The molecule has 4 nitrogen and oxygen atoms in total. The predicted octanol–water partition coefficient (Wildman–Crippen LogP) is 3.47. The van der Waals surface area contributed by atoms with Crippen LogP contribution >= 0.6 is 11.3 Å². The lowest BCUT2D eigenvalue weighted by molar-refractivity contribution is 0.697. The van der Waals surface area contributed by atoms with Gasteiger partial charge in [-0.1, -0.05) is 24.3 Å². The zero-order chi connectivity index (χ0) is 13.4. The van der Waals surface area contributed by atoms with Gasteiger partial charge in [-0.3, -0.25) is 0 Å². The molecule has 20 heavy (non-hydrogen) atoms. The SMILES string of the molecule is c1ccc(-c2cc3c(s2)CCCC3)c(-c2nn[nH]n2)c1. The fourth-order valence-electron chi connectivity index (χ4n) is 2.79. The smallest absolute Gasteiger partial charge is 0.177 e. The summed E-state index contributed by atoms with van der Waals surface area (Å²) in [4.78, 5) is 2.87. The Labute approximate surface area is 120 Å². The zero-order valence-corrected chi connectivity index (χ0v) is 11.8. The summed E-state index contributed by atoms with van der Waals surface area (Å²) in [6, 6.07) is 10.6. The first kappa shape index (κ1) is 11.8. The van der Waals surface area contributed by atoms with E-state index in [2.05, 4.69) is 44.9 Å². The van der Waals surface area contributed by atoms with Crippen LogP contribution in [0.2, 0.25) is 0 Å². The van der Waals surface area contributed by atoms with E-state index in [4.69, 9.17) is 0 Å². The molecule has 0 unspecified atom stereocenters. The van der Waals surface area contributed by atoms with Crippen molar-refractivity contribution in [1.82, 2.24) is 20.6 Å². The molecule has 0 saturated heterocycles. The molecule has 0 fully saturated rings. The van der Waals surface area contributed by atoms with Crippen molar-refractivity contribution in [2.24, 2.45) is 0 Å². The van der Waals surface area contributed by atoms with E-state index in [-0.39, 0.29) is 0 Å². The van der Waals surface area contributed by atoms with Crippen LogP contribution in [0.5, 0.6) is 0 Å². The average molecular weight is 282 g/mol. The Morgan fingerprint density at radius 2 is 1.90 bits per heavy atom. The molecule has 2 heterocycles. The zero-order valence-electron chi connectivity index (χ0n) is 11.0. The number of benzene rings is 1. The molecular formula is C15H14N4S. The Kier molecular flexibility index (Phi) is 2.85. The molecule has 1 N–H and O–H groups in total. The lowest BCUT2D eigenvalue weighted by atomic mass is 9.98. The van der Waals surface area contributed by atoms with Crippen molar-refractivity contribution in [3.05, 3.63) is 40.8 Å². The van der Waals surface area contributed by atoms with Gasteiger partial charge in [-0.2, -0.15) is 5.21 Å². The second-order valence-corrected chi connectivity index (χ2v) is 6.18. The molecule has 0 amide bonds. The van der Waals surface area contributed by atoms with Gasteiger partial charge in [-0.25, -0.2) is 0 Å². The number of H-pyrrole nitrogens is 1. The third-order valence-electron chi connectivity index (χ3n) is 3.78. The van der Waals surface area contributed by atoms with Gasteiger partial charge >= 0.3 is 0 Å². The molecule has 0 spiro atoms. The van der Waals surface area contributed by atoms with Crippen LogP contribution in [-0.4, -0.2) is 20.6 Å². The van der Waals surface area contributed by atoms with Gasteiger partial charge in [0.2, 0.25) is 5.82 Å². The highest BCUT2D eigenvalue weighted by molar-refractivity contribution is 7.15. The minimum Gasteiger partial charge on any atom is -0.177 e. The van der Waals surface area contributed by atoms with Crippen LogP contribution in [0.1, 0.15) is 23.3 Å². The van der Waals surface area contributed by atoms with Crippen molar-refractivity contribution in [1.29, 1.82) is 0 Å². The van der Waals surface area contributed by atoms with Crippen molar-refractivity contribution in [2.75, 3.05) is 0 Å². The normalized spacial score (nSPS) is 14.2. The van der Waals surface area contributed by atoms with Crippen LogP contribution in [0.15, 0.2) is 30.3 Å². The van der Waals surface area contributed by atoms with E-state index in [1.165, 1.54) is 41.7 Å². The fourth-order valence-corrected chi connectivity index (χ4v) is 4.09. The molecule has 3 aromatic rings. The van der Waals surface area contributed by atoms with Crippen LogP contribution in [-0.2, 0) is 12.8 Å². The number of thiophene rings is 1. The summed E-state index contributed by atoms with van der Waals surface area (Å²) in [5.74, 6) is 0.659. The highest BCUT2D eigenvalue weighted by Crippen LogP contribution is 2.39. The standard InChI is InChI=1S/C15H14N4S/c1-4-8-13-10(5-1)9-14(20-13)11-6-2-3-7-12(11)15-16-18-19-17-15/h2-3,6-7,9H,1,4-5,8H2,(H,16,17,18,19). The van der Waals surface area contributed by atoms with E-state index in [1.807, 2.05) is 17.4 Å². The Hall–Kier alpha value is -2.01. The summed E-state index contributed by atoms with van der Waals surface area (Å²) in [5, 5.41) is 14.4. The van der Waals surface area contributed by atoms with Crippen LogP contribution in [0.25, 0.3) is 21.8 Å². The molecule has 4 rings (SSSR count). The van der Waals surface area contributed by atoms with Gasteiger partial charge in [0.1, 0.15) is 0 Å². The monoisotopic (exact) mass is 282 g/mol. The van der Waals surface area contributed by atoms with E-state index < -0.39 is 0 Å². The summed E-state index contributed by atoms with van der Waals surface area (Å²) in [6.45, 7) is 0.